The molecule has 182 valence electrons. The monoisotopic (exact) mass is 480 g/mol. The van der Waals surface area contributed by atoms with Crippen LogP contribution in [0.1, 0.15) is 53.2 Å². The van der Waals surface area contributed by atoms with Gasteiger partial charge < -0.3 is 24.7 Å². The second-order valence-electron chi connectivity index (χ2n) is 8.87. The third kappa shape index (κ3) is 4.38. The van der Waals surface area contributed by atoms with Crippen LogP contribution in [0.25, 0.3) is 11.4 Å². The zero-order valence-electron chi connectivity index (χ0n) is 19.5. The average Bonchev–Trinajstić information content (AvgIpc) is 3.53. The minimum atomic E-state index is -1.76. The molecule has 1 amide bonds. The van der Waals surface area contributed by atoms with Gasteiger partial charge in [0.15, 0.2) is 11.3 Å². The molecular weight excluding hydrogens is 455 g/mol. The SMILES string of the molecule is Cc1nc(C(C)(O)C#Cc2cc3c(cc2F)OCCn2c-3nc(C(N)=O)c2CN2CCCC2)no1. The van der Waals surface area contributed by atoms with Crippen LogP contribution in [0, 0.1) is 24.6 Å². The van der Waals surface area contributed by atoms with E-state index in [4.69, 9.17) is 15.0 Å². The second-order valence-corrected chi connectivity index (χ2v) is 8.87. The van der Waals surface area contributed by atoms with Gasteiger partial charge in [-0.1, -0.05) is 17.0 Å². The lowest BCUT2D eigenvalue weighted by atomic mass is 10.0. The number of fused-ring (bicyclic) bond motifs is 3. The number of carbonyl (C=O) groups excluding carboxylic acids is 1. The number of nitrogens with zero attached hydrogens (tertiary/aromatic N) is 5. The molecule has 0 bridgehead atoms. The van der Waals surface area contributed by atoms with Gasteiger partial charge in [0.1, 0.15) is 24.0 Å². The predicted octanol–water partition coefficient (Wildman–Crippen LogP) is 1.73. The fraction of sp³-hybridized carbons (Fsp3) is 0.417. The molecule has 0 radical (unpaired) electrons. The van der Waals surface area contributed by atoms with Gasteiger partial charge in [0.05, 0.1) is 23.4 Å². The minimum absolute atomic E-state index is 0.0193. The van der Waals surface area contributed by atoms with E-state index in [0.717, 1.165) is 31.6 Å². The van der Waals surface area contributed by atoms with Crippen LogP contribution >= 0.6 is 0 Å². The van der Waals surface area contributed by atoms with Gasteiger partial charge in [0, 0.05) is 19.5 Å². The lowest BCUT2D eigenvalue weighted by Gasteiger charge is -2.17. The molecule has 2 aliphatic heterocycles. The number of hydrogen-bond acceptors (Lipinski definition) is 8. The van der Waals surface area contributed by atoms with Crippen LogP contribution in [0.4, 0.5) is 4.39 Å². The zero-order valence-corrected chi connectivity index (χ0v) is 19.5. The number of amides is 1. The number of likely N-dealkylation sites (tertiary alicyclic amines) is 1. The molecule has 11 heteroatoms. The molecule has 1 saturated heterocycles. The number of imidazole rings is 1. The molecule has 3 N–H and O–H groups in total. The Hall–Kier alpha value is -3.75. The molecule has 0 saturated carbocycles. The number of ether oxygens (including phenoxy) is 1. The number of benzene rings is 1. The maximum Gasteiger partial charge on any atom is 0.269 e. The summed E-state index contributed by atoms with van der Waals surface area (Å²) in [5, 5.41) is 14.3. The average molecular weight is 481 g/mol. The third-order valence-electron chi connectivity index (χ3n) is 6.16. The third-order valence-corrected chi connectivity index (χ3v) is 6.16. The second kappa shape index (κ2) is 8.79. The maximum atomic E-state index is 14.9. The highest BCUT2D eigenvalue weighted by molar-refractivity contribution is 5.93. The van der Waals surface area contributed by atoms with Crippen molar-refractivity contribution in [2.24, 2.45) is 5.73 Å². The van der Waals surface area contributed by atoms with Crippen molar-refractivity contribution in [2.45, 2.75) is 45.4 Å². The van der Waals surface area contributed by atoms with Crippen LogP contribution in [0.15, 0.2) is 16.7 Å². The first-order valence-electron chi connectivity index (χ1n) is 11.4. The van der Waals surface area contributed by atoms with Crippen molar-refractivity contribution < 1.29 is 23.6 Å². The van der Waals surface area contributed by atoms with Gasteiger partial charge in [0.25, 0.3) is 5.91 Å². The normalized spacial score (nSPS) is 16.9. The van der Waals surface area contributed by atoms with Gasteiger partial charge in [-0.2, -0.15) is 4.98 Å². The van der Waals surface area contributed by atoms with Gasteiger partial charge >= 0.3 is 0 Å². The lowest BCUT2D eigenvalue weighted by Crippen LogP contribution is -2.24. The Morgan fingerprint density at radius 1 is 1.29 bits per heavy atom. The van der Waals surface area contributed by atoms with E-state index in [1.165, 1.54) is 19.1 Å². The van der Waals surface area contributed by atoms with E-state index in [0.29, 0.717) is 30.2 Å². The molecule has 0 aliphatic carbocycles. The van der Waals surface area contributed by atoms with Crippen molar-refractivity contribution in [3.63, 3.8) is 0 Å². The minimum Gasteiger partial charge on any atom is -0.491 e. The number of primary amides is 1. The van der Waals surface area contributed by atoms with E-state index in [1.54, 1.807) is 6.92 Å². The van der Waals surface area contributed by atoms with Gasteiger partial charge in [-0.25, -0.2) is 9.37 Å². The van der Waals surface area contributed by atoms with Crippen LogP contribution in [-0.2, 0) is 18.7 Å². The van der Waals surface area contributed by atoms with E-state index in [-0.39, 0.29) is 29.6 Å². The van der Waals surface area contributed by atoms with Crippen LogP contribution < -0.4 is 10.5 Å². The van der Waals surface area contributed by atoms with Crippen molar-refractivity contribution in [1.29, 1.82) is 0 Å². The molecule has 2 aromatic heterocycles. The number of aromatic nitrogens is 4. The lowest BCUT2D eigenvalue weighted by molar-refractivity contribution is 0.0993. The highest BCUT2D eigenvalue weighted by atomic mass is 19.1. The smallest absolute Gasteiger partial charge is 0.269 e. The van der Waals surface area contributed by atoms with Gasteiger partial charge in [-0.05, 0) is 38.9 Å². The van der Waals surface area contributed by atoms with E-state index in [2.05, 4.69) is 31.9 Å². The molecule has 3 aromatic rings. The number of aliphatic hydroxyl groups is 1. The van der Waals surface area contributed by atoms with Crippen LogP contribution in [-0.4, -0.2) is 55.3 Å². The molecule has 1 aromatic carbocycles. The quantitative estimate of drug-likeness (QED) is 0.540. The summed E-state index contributed by atoms with van der Waals surface area (Å²) in [4.78, 5) is 23.1. The van der Waals surface area contributed by atoms with Crippen LogP contribution in [0.2, 0.25) is 0 Å². The Bertz CT molecular complexity index is 1360. The zero-order chi connectivity index (χ0) is 24.7. The fourth-order valence-electron chi connectivity index (χ4n) is 4.38. The summed E-state index contributed by atoms with van der Waals surface area (Å²) >= 11 is 0. The van der Waals surface area contributed by atoms with Gasteiger partial charge in [-0.15, -0.1) is 0 Å². The summed E-state index contributed by atoms with van der Waals surface area (Å²) in [5.41, 5.74) is 5.34. The van der Waals surface area contributed by atoms with Crippen molar-refractivity contribution in [2.75, 3.05) is 19.7 Å². The molecule has 1 atom stereocenters. The fourth-order valence-corrected chi connectivity index (χ4v) is 4.38. The highest BCUT2D eigenvalue weighted by Gasteiger charge is 2.29. The van der Waals surface area contributed by atoms with E-state index in [9.17, 15) is 14.3 Å². The molecule has 35 heavy (non-hydrogen) atoms. The van der Waals surface area contributed by atoms with E-state index < -0.39 is 17.3 Å². The van der Waals surface area contributed by atoms with Crippen molar-refractivity contribution >= 4 is 5.91 Å². The summed E-state index contributed by atoms with van der Waals surface area (Å²) in [6, 6.07) is 2.74. The number of nitrogens with two attached hydrogens (primary N) is 1. The number of aryl methyl sites for hydroxylation is 1. The predicted molar refractivity (Wildman–Crippen MR) is 122 cm³/mol. The molecule has 4 heterocycles. The summed E-state index contributed by atoms with van der Waals surface area (Å²) in [6.07, 6.45) is 2.21. The van der Waals surface area contributed by atoms with Crippen LogP contribution in [0.5, 0.6) is 5.75 Å². The molecule has 5 rings (SSSR count). The highest BCUT2D eigenvalue weighted by Crippen LogP contribution is 2.36. The molecule has 10 nitrogen and oxygen atoms in total. The Morgan fingerprint density at radius 2 is 2.06 bits per heavy atom. The molecular formula is C24H25FN6O4. The first-order chi connectivity index (χ1) is 16.7. The molecule has 2 aliphatic rings. The molecule has 1 unspecified atom stereocenters. The molecule has 0 spiro atoms. The summed E-state index contributed by atoms with van der Waals surface area (Å²) in [5.74, 6) is 5.06. The number of hydrogen-bond donors (Lipinski definition) is 2. The summed E-state index contributed by atoms with van der Waals surface area (Å²) in [7, 11) is 0. The van der Waals surface area contributed by atoms with Crippen molar-refractivity contribution in [1.82, 2.24) is 24.6 Å². The van der Waals surface area contributed by atoms with Crippen molar-refractivity contribution in [3.05, 3.63) is 46.6 Å². The van der Waals surface area contributed by atoms with Crippen molar-refractivity contribution in [3.8, 4) is 29.0 Å². The Kier molecular flexibility index (Phi) is 5.78. The number of carbonyl (C=O) groups is 1. The number of halogens is 1. The number of rotatable bonds is 4. The Morgan fingerprint density at radius 3 is 2.74 bits per heavy atom. The summed E-state index contributed by atoms with van der Waals surface area (Å²) < 4.78 is 27.6. The summed E-state index contributed by atoms with van der Waals surface area (Å²) in [6.45, 7) is 6.12. The van der Waals surface area contributed by atoms with Gasteiger partial charge in [0.2, 0.25) is 11.7 Å². The van der Waals surface area contributed by atoms with Crippen LogP contribution in [0.3, 0.4) is 0 Å². The topological polar surface area (TPSA) is 133 Å². The van der Waals surface area contributed by atoms with E-state index >= 15 is 0 Å². The standard InChI is InChI=1S/C24H25FN6O4/c1-14-27-23(29-35-14)24(2,33)6-5-15-11-16-19(12-17(15)25)34-10-9-31-18(13-30-7-3-4-8-30)20(21(26)32)28-22(16)31/h11-12,33H,3-4,7-10,13H2,1-2H3,(H2,26,32). The van der Waals surface area contributed by atoms with E-state index in [1.807, 2.05) is 4.57 Å². The largest absolute Gasteiger partial charge is 0.491 e. The molecule has 1 fully saturated rings. The first-order valence-corrected chi connectivity index (χ1v) is 11.4. The van der Waals surface area contributed by atoms with Gasteiger partial charge in [-0.3, -0.25) is 9.69 Å². The maximum absolute atomic E-state index is 14.9. The first kappa shape index (κ1) is 23.0. The Labute approximate surface area is 200 Å². The Balaban J connectivity index is 1.58.